The second-order valence-electron chi connectivity index (χ2n) is 14.4. The van der Waals surface area contributed by atoms with Gasteiger partial charge in [0, 0.05) is 5.92 Å². The monoisotopic (exact) mass is 474 g/mol. The number of aryl methyl sites for hydroxylation is 1. The van der Waals surface area contributed by atoms with Gasteiger partial charge >= 0.3 is 0 Å². The van der Waals surface area contributed by atoms with Gasteiger partial charge in [-0.25, -0.2) is 0 Å². The molecular weight excluding hydrogens is 428 g/mol. The van der Waals surface area contributed by atoms with Gasteiger partial charge in [0.15, 0.2) is 0 Å². The smallest absolute Gasteiger partial charge is 0.123 e. The van der Waals surface area contributed by atoms with Gasteiger partial charge in [-0.05, 0) is 87.1 Å². The van der Waals surface area contributed by atoms with Crippen LogP contribution in [0.5, 0.6) is 11.5 Å². The summed E-state index contributed by atoms with van der Waals surface area (Å²) in [5, 5.41) is 22.4. The number of aromatic hydroxyl groups is 2. The quantitative estimate of drug-likeness (QED) is 0.437. The van der Waals surface area contributed by atoms with Crippen LogP contribution >= 0.6 is 0 Å². The Kier molecular flexibility index (Phi) is 6.23. The van der Waals surface area contributed by atoms with Crippen molar-refractivity contribution in [1.82, 2.24) is 0 Å². The van der Waals surface area contributed by atoms with Crippen LogP contribution in [0.3, 0.4) is 0 Å². The third kappa shape index (κ3) is 4.78. The Hall–Kier alpha value is -2.22. The molecule has 2 bridgehead atoms. The van der Waals surface area contributed by atoms with Crippen molar-refractivity contribution in [1.29, 1.82) is 0 Å². The lowest BCUT2D eigenvalue weighted by Gasteiger charge is -2.35. The first kappa shape index (κ1) is 25.9. The van der Waals surface area contributed by atoms with E-state index in [9.17, 15) is 10.2 Å². The average Bonchev–Trinajstić information content (AvgIpc) is 3.32. The lowest BCUT2D eigenvalue weighted by atomic mass is 9.70. The van der Waals surface area contributed by atoms with Crippen LogP contribution in [-0.2, 0) is 16.2 Å². The molecule has 0 radical (unpaired) electrons. The molecule has 0 heterocycles. The molecule has 2 N–H and O–H groups in total. The standard InChI is InChI=1S/C33H46O2/c1-19-13-22(16-25(29(19)34)31(2,3)4)28(24-15-20-11-12-21(24)14-20)23-17-26(32(5,6)7)30(35)27(18-23)33(8,9)10/h11-13,16-18,20-21,24,28,34-35H,14-15H2,1-10H3. The minimum absolute atomic E-state index is 0.147. The maximum Gasteiger partial charge on any atom is 0.123 e. The summed E-state index contributed by atoms with van der Waals surface area (Å²) in [6.07, 6.45) is 7.31. The van der Waals surface area contributed by atoms with E-state index in [2.05, 4.69) is 98.7 Å². The van der Waals surface area contributed by atoms with Gasteiger partial charge in [0.25, 0.3) is 0 Å². The molecule has 4 unspecified atom stereocenters. The normalized spacial score (nSPS) is 23.2. The molecule has 4 rings (SSSR count). The average molecular weight is 475 g/mol. The summed E-state index contributed by atoms with van der Waals surface area (Å²) < 4.78 is 0. The van der Waals surface area contributed by atoms with E-state index in [1.807, 2.05) is 6.92 Å². The molecule has 2 aromatic carbocycles. The van der Waals surface area contributed by atoms with E-state index in [0.29, 0.717) is 29.3 Å². The van der Waals surface area contributed by atoms with Crippen LogP contribution in [0.1, 0.15) is 114 Å². The topological polar surface area (TPSA) is 40.5 Å². The van der Waals surface area contributed by atoms with Crippen molar-refractivity contribution in [3.8, 4) is 11.5 Å². The summed E-state index contributed by atoms with van der Waals surface area (Å²) in [5.41, 5.74) is 6.12. The molecule has 0 aliphatic heterocycles. The number of hydrogen-bond donors (Lipinski definition) is 2. The Bertz CT molecular complexity index is 1110. The van der Waals surface area contributed by atoms with Crippen molar-refractivity contribution in [3.63, 3.8) is 0 Å². The number of fused-ring (bicyclic) bond motifs is 2. The summed E-state index contributed by atoms with van der Waals surface area (Å²) in [4.78, 5) is 0. The highest BCUT2D eigenvalue weighted by Gasteiger charge is 2.42. The Morgan fingerprint density at radius 2 is 1.11 bits per heavy atom. The molecule has 2 aromatic rings. The molecule has 0 spiro atoms. The molecule has 2 nitrogen and oxygen atoms in total. The predicted molar refractivity (Wildman–Crippen MR) is 148 cm³/mol. The van der Waals surface area contributed by atoms with Crippen molar-refractivity contribution in [2.75, 3.05) is 0 Å². The summed E-state index contributed by atoms with van der Waals surface area (Å²) in [6, 6.07) is 9.04. The van der Waals surface area contributed by atoms with Crippen LogP contribution in [0.4, 0.5) is 0 Å². The van der Waals surface area contributed by atoms with Gasteiger partial charge in [-0.15, -0.1) is 0 Å². The van der Waals surface area contributed by atoms with E-state index < -0.39 is 0 Å². The molecular formula is C33H46O2. The summed E-state index contributed by atoms with van der Waals surface area (Å²) >= 11 is 0. The second-order valence-corrected chi connectivity index (χ2v) is 14.4. The molecule has 2 heteroatoms. The molecule has 0 aromatic heterocycles. The Morgan fingerprint density at radius 3 is 1.51 bits per heavy atom. The molecule has 0 saturated heterocycles. The van der Waals surface area contributed by atoms with Crippen LogP contribution < -0.4 is 0 Å². The lowest BCUT2D eigenvalue weighted by Crippen LogP contribution is -2.23. The van der Waals surface area contributed by atoms with Gasteiger partial charge in [-0.2, -0.15) is 0 Å². The predicted octanol–water partition coefficient (Wildman–Crippen LogP) is 8.64. The minimum Gasteiger partial charge on any atom is -0.507 e. The van der Waals surface area contributed by atoms with Gasteiger partial charge in [-0.1, -0.05) is 98.7 Å². The zero-order valence-electron chi connectivity index (χ0n) is 23.6. The number of hydrogen-bond acceptors (Lipinski definition) is 2. The maximum atomic E-state index is 11.4. The van der Waals surface area contributed by atoms with Crippen LogP contribution in [-0.4, -0.2) is 10.2 Å². The Balaban J connectivity index is 2.00. The van der Waals surface area contributed by atoms with Crippen LogP contribution in [0, 0.1) is 24.7 Å². The summed E-state index contributed by atoms with van der Waals surface area (Å²) in [7, 11) is 0. The van der Waals surface area contributed by atoms with Crippen LogP contribution in [0.2, 0.25) is 0 Å². The number of allylic oxidation sites excluding steroid dienone is 2. The fourth-order valence-electron chi connectivity index (χ4n) is 6.43. The van der Waals surface area contributed by atoms with E-state index in [1.54, 1.807) is 0 Å². The summed E-state index contributed by atoms with van der Waals surface area (Å²) in [5.74, 6) is 2.86. The maximum absolute atomic E-state index is 11.4. The number of rotatable bonds is 3. The molecule has 2 aliphatic carbocycles. The first-order valence-electron chi connectivity index (χ1n) is 13.4. The van der Waals surface area contributed by atoms with E-state index in [4.69, 9.17) is 0 Å². The second kappa shape index (κ2) is 8.43. The van der Waals surface area contributed by atoms with E-state index >= 15 is 0 Å². The first-order chi connectivity index (χ1) is 16.0. The van der Waals surface area contributed by atoms with E-state index in [0.717, 1.165) is 22.3 Å². The lowest BCUT2D eigenvalue weighted by molar-refractivity contribution is 0.392. The third-order valence-corrected chi connectivity index (χ3v) is 8.36. The molecule has 4 atom stereocenters. The van der Waals surface area contributed by atoms with Crippen molar-refractivity contribution in [3.05, 3.63) is 69.8 Å². The van der Waals surface area contributed by atoms with E-state index in [-0.39, 0.29) is 22.2 Å². The number of phenolic OH excluding ortho intramolecular Hbond substituents is 2. The highest BCUT2D eigenvalue weighted by atomic mass is 16.3. The van der Waals surface area contributed by atoms with Crippen LogP contribution in [0.15, 0.2) is 36.4 Å². The number of benzene rings is 2. The van der Waals surface area contributed by atoms with Gasteiger partial charge in [0.2, 0.25) is 0 Å². The zero-order valence-corrected chi connectivity index (χ0v) is 23.6. The molecule has 2 aliphatic rings. The zero-order chi connectivity index (χ0) is 26.1. The van der Waals surface area contributed by atoms with E-state index in [1.165, 1.54) is 24.0 Å². The van der Waals surface area contributed by atoms with Gasteiger partial charge in [0.05, 0.1) is 0 Å². The first-order valence-corrected chi connectivity index (χ1v) is 13.4. The SMILES string of the molecule is Cc1cc(C(c2cc(C(C)(C)C)c(O)c(C(C)(C)C)c2)C2CC3C=CC2C3)cc(C(C)(C)C)c1O. The molecule has 1 saturated carbocycles. The van der Waals surface area contributed by atoms with Crippen molar-refractivity contribution in [2.45, 2.75) is 104 Å². The fraction of sp³-hybridized carbons (Fsp3) is 0.576. The summed E-state index contributed by atoms with van der Waals surface area (Å²) in [6.45, 7) is 21.7. The van der Waals surface area contributed by atoms with Gasteiger partial charge < -0.3 is 10.2 Å². The van der Waals surface area contributed by atoms with Gasteiger partial charge in [0.1, 0.15) is 11.5 Å². The largest absolute Gasteiger partial charge is 0.507 e. The Morgan fingerprint density at radius 1 is 0.657 bits per heavy atom. The third-order valence-electron chi connectivity index (χ3n) is 8.36. The van der Waals surface area contributed by atoms with Gasteiger partial charge in [-0.3, -0.25) is 0 Å². The molecule has 1 fully saturated rings. The molecule has 35 heavy (non-hydrogen) atoms. The highest BCUT2D eigenvalue weighted by Crippen LogP contribution is 2.54. The fourth-order valence-corrected chi connectivity index (χ4v) is 6.43. The Labute approximate surface area is 213 Å². The van der Waals surface area contributed by atoms with Crippen molar-refractivity contribution in [2.24, 2.45) is 17.8 Å². The highest BCUT2D eigenvalue weighted by molar-refractivity contribution is 5.54. The minimum atomic E-state index is -0.166. The molecule has 0 amide bonds. The van der Waals surface area contributed by atoms with Crippen molar-refractivity contribution < 1.29 is 10.2 Å². The number of phenols is 2. The van der Waals surface area contributed by atoms with Crippen molar-refractivity contribution >= 4 is 0 Å². The molecule has 190 valence electrons. The van der Waals surface area contributed by atoms with Crippen LogP contribution in [0.25, 0.3) is 0 Å².